The Morgan fingerprint density at radius 2 is 1.93 bits per heavy atom. The van der Waals surface area contributed by atoms with E-state index < -0.39 is 7.32 Å². The van der Waals surface area contributed by atoms with Crippen LogP contribution < -0.4 is 4.65 Å². The molecular weight excluding hydrogens is 191 g/mol. The van der Waals surface area contributed by atoms with Gasteiger partial charge in [-0.25, -0.2) is 0 Å². The Balaban J connectivity index is 2.60. The molecule has 0 spiro atoms. The monoisotopic (exact) mass is 208 g/mol. The molecule has 3 nitrogen and oxygen atoms in total. The summed E-state index contributed by atoms with van der Waals surface area (Å²) in [5.74, 6) is 0.559. The maximum atomic E-state index is 8.74. The van der Waals surface area contributed by atoms with Crippen molar-refractivity contribution in [2.24, 2.45) is 0 Å². The summed E-state index contributed by atoms with van der Waals surface area (Å²) < 4.78 is 4.89. The average molecular weight is 208 g/mol. The highest BCUT2D eigenvalue weighted by atomic mass is 16.6. The maximum Gasteiger partial charge on any atom is 0.707 e. The van der Waals surface area contributed by atoms with Gasteiger partial charge < -0.3 is 14.7 Å². The third-order valence-corrected chi connectivity index (χ3v) is 2.25. The van der Waals surface area contributed by atoms with Crippen molar-refractivity contribution in [3.8, 4) is 5.75 Å². The summed E-state index contributed by atoms with van der Waals surface area (Å²) in [6.07, 6.45) is 4.36. The lowest BCUT2D eigenvalue weighted by atomic mass is 10.1. The van der Waals surface area contributed by atoms with Crippen LogP contribution in [0.15, 0.2) is 24.3 Å². The smallest absolute Gasteiger partial charge is 0.512 e. The van der Waals surface area contributed by atoms with Crippen LogP contribution in [0, 0.1) is 0 Å². The van der Waals surface area contributed by atoms with Crippen LogP contribution in [0.25, 0.3) is 0 Å². The van der Waals surface area contributed by atoms with Crippen molar-refractivity contribution in [1.82, 2.24) is 0 Å². The lowest BCUT2D eigenvalue weighted by Gasteiger charge is -2.10. The van der Waals surface area contributed by atoms with Gasteiger partial charge in [-0.2, -0.15) is 0 Å². The second-order valence-electron chi connectivity index (χ2n) is 3.51. The molecule has 0 fully saturated rings. The van der Waals surface area contributed by atoms with Crippen molar-refractivity contribution in [3.05, 3.63) is 29.8 Å². The fourth-order valence-corrected chi connectivity index (χ4v) is 1.50. The van der Waals surface area contributed by atoms with Gasteiger partial charge in [-0.1, -0.05) is 38.0 Å². The highest BCUT2D eigenvalue weighted by molar-refractivity contribution is 6.33. The van der Waals surface area contributed by atoms with Gasteiger partial charge >= 0.3 is 7.32 Å². The summed E-state index contributed by atoms with van der Waals surface area (Å²) in [6.45, 7) is 2.15. The van der Waals surface area contributed by atoms with Gasteiger partial charge in [0.15, 0.2) is 0 Å². The molecule has 82 valence electrons. The molecule has 1 rings (SSSR count). The normalized spacial score (nSPS) is 10.1. The molecule has 0 aliphatic rings. The Labute approximate surface area is 90.9 Å². The molecule has 0 atom stereocenters. The molecule has 0 radical (unpaired) electrons. The number of rotatable bonds is 6. The van der Waals surface area contributed by atoms with Crippen LogP contribution in [0.2, 0.25) is 0 Å². The van der Waals surface area contributed by atoms with Gasteiger partial charge in [0.05, 0.1) is 0 Å². The first kappa shape index (κ1) is 12.1. The highest BCUT2D eigenvalue weighted by Gasteiger charge is 2.13. The highest BCUT2D eigenvalue weighted by Crippen LogP contribution is 2.20. The van der Waals surface area contributed by atoms with E-state index in [1.165, 1.54) is 12.8 Å². The molecule has 0 heterocycles. The summed E-state index contributed by atoms with van der Waals surface area (Å²) in [5, 5.41) is 17.5. The number of benzene rings is 1. The summed E-state index contributed by atoms with van der Waals surface area (Å²) in [6, 6.07) is 7.45. The predicted octanol–water partition coefficient (Wildman–Crippen LogP) is 1.77. The van der Waals surface area contributed by atoms with Crippen LogP contribution >= 0.6 is 0 Å². The van der Waals surface area contributed by atoms with Crippen LogP contribution in [0.3, 0.4) is 0 Å². The first-order valence-corrected chi connectivity index (χ1v) is 5.34. The zero-order valence-electron chi connectivity index (χ0n) is 9.02. The molecule has 0 bridgehead atoms. The second kappa shape index (κ2) is 6.48. The number of hydrogen-bond donors (Lipinski definition) is 2. The minimum absolute atomic E-state index is 0.559. The van der Waals surface area contributed by atoms with E-state index in [4.69, 9.17) is 14.7 Å². The number of hydrogen-bond acceptors (Lipinski definition) is 3. The molecule has 15 heavy (non-hydrogen) atoms. The molecule has 1 aromatic rings. The molecule has 0 saturated heterocycles. The van der Waals surface area contributed by atoms with Gasteiger partial charge in [0.2, 0.25) is 0 Å². The molecule has 1 aromatic carbocycles. The maximum absolute atomic E-state index is 8.74. The van der Waals surface area contributed by atoms with Crippen LogP contribution in [-0.4, -0.2) is 17.4 Å². The van der Waals surface area contributed by atoms with Gasteiger partial charge in [-0.3, -0.25) is 0 Å². The van der Waals surface area contributed by atoms with Gasteiger partial charge in [-0.15, -0.1) is 0 Å². The summed E-state index contributed by atoms with van der Waals surface area (Å²) >= 11 is 0. The van der Waals surface area contributed by atoms with Gasteiger partial charge in [-0.05, 0) is 24.5 Å². The first-order valence-electron chi connectivity index (χ1n) is 5.34. The quantitative estimate of drug-likeness (QED) is 0.553. The lowest BCUT2D eigenvalue weighted by molar-refractivity contribution is 0.287. The minimum atomic E-state index is -1.74. The Morgan fingerprint density at radius 1 is 1.20 bits per heavy atom. The predicted molar refractivity (Wildman–Crippen MR) is 60.5 cm³/mol. The van der Waals surface area contributed by atoms with E-state index >= 15 is 0 Å². The molecule has 0 unspecified atom stereocenters. The van der Waals surface area contributed by atoms with Crippen LogP contribution in [0.1, 0.15) is 31.7 Å². The molecule has 0 aromatic heterocycles. The fourth-order valence-electron chi connectivity index (χ4n) is 1.50. The number of aryl methyl sites for hydroxylation is 1. The summed E-state index contributed by atoms with van der Waals surface area (Å²) in [4.78, 5) is 0. The van der Waals surface area contributed by atoms with E-state index in [0.29, 0.717) is 5.75 Å². The summed E-state index contributed by atoms with van der Waals surface area (Å²) in [7, 11) is -1.74. The molecule has 2 N–H and O–H groups in total. The van der Waals surface area contributed by atoms with Crippen molar-refractivity contribution < 1.29 is 14.7 Å². The average Bonchev–Trinajstić information content (AvgIpc) is 2.20. The SMILES string of the molecule is CCCCCc1ccccc1OB(O)O. The van der Waals surface area contributed by atoms with E-state index in [1.54, 1.807) is 6.07 Å². The Morgan fingerprint density at radius 3 is 2.60 bits per heavy atom. The third kappa shape index (κ3) is 4.36. The molecule has 0 saturated carbocycles. The van der Waals surface area contributed by atoms with E-state index in [2.05, 4.69) is 6.92 Å². The minimum Gasteiger partial charge on any atom is -0.512 e. The van der Waals surface area contributed by atoms with E-state index in [0.717, 1.165) is 18.4 Å². The van der Waals surface area contributed by atoms with Crippen molar-refractivity contribution in [1.29, 1.82) is 0 Å². The van der Waals surface area contributed by atoms with Crippen LogP contribution in [0.5, 0.6) is 5.75 Å². The van der Waals surface area contributed by atoms with Crippen molar-refractivity contribution in [2.45, 2.75) is 32.6 Å². The third-order valence-electron chi connectivity index (χ3n) is 2.25. The van der Waals surface area contributed by atoms with Crippen LogP contribution in [-0.2, 0) is 6.42 Å². The topological polar surface area (TPSA) is 49.7 Å². The Kier molecular flexibility index (Phi) is 5.22. The Hall–Kier alpha value is -0.995. The van der Waals surface area contributed by atoms with Crippen molar-refractivity contribution in [3.63, 3.8) is 0 Å². The van der Waals surface area contributed by atoms with E-state index in [1.807, 2.05) is 18.2 Å². The molecular formula is C11H17BO3. The molecule has 4 heteroatoms. The van der Waals surface area contributed by atoms with E-state index in [-0.39, 0.29) is 0 Å². The molecule has 0 amide bonds. The first-order chi connectivity index (χ1) is 7.24. The molecule has 0 aliphatic heterocycles. The Bertz CT molecular complexity index is 289. The standard InChI is InChI=1S/C11H17BO3/c1-2-3-4-7-10-8-5-6-9-11(10)15-12(13)14/h5-6,8-9,13-14H,2-4,7H2,1H3. The number of para-hydroxylation sites is 1. The van der Waals surface area contributed by atoms with Crippen molar-refractivity contribution >= 4 is 7.32 Å². The lowest BCUT2D eigenvalue weighted by Crippen LogP contribution is -2.21. The van der Waals surface area contributed by atoms with Crippen LogP contribution in [0.4, 0.5) is 0 Å². The largest absolute Gasteiger partial charge is 0.707 e. The van der Waals surface area contributed by atoms with Crippen molar-refractivity contribution in [2.75, 3.05) is 0 Å². The van der Waals surface area contributed by atoms with Gasteiger partial charge in [0, 0.05) is 0 Å². The zero-order chi connectivity index (χ0) is 11.1. The zero-order valence-corrected chi connectivity index (χ0v) is 9.02. The van der Waals surface area contributed by atoms with Gasteiger partial charge in [0.25, 0.3) is 0 Å². The van der Waals surface area contributed by atoms with E-state index in [9.17, 15) is 0 Å². The number of unbranched alkanes of at least 4 members (excludes halogenated alkanes) is 2. The summed E-state index contributed by atoms with van der Waals surface area (Å²) in [5.41, 5.74) is 1.03. The van der Waals surface area contributed by atoms with Gasteiger partial charge in [0.1, 0.15) is 5.75 Å². The second-order valence-corrected chi connectivity index (χ2v) is 3.51. The fraction of sp³-hybridized carbons (Fsp3) is 0.455. The molecule has 0 aliphatic carbocycles.